The average molecular weight is 459 g/mol. The summed E-state index contributed by atoms with van der Waals surface area (Å²) in [6.45, 7) is 1.37. The van der Waals surface area contributed by atoms with Crippen molar-refractivity contribution in [3.05, 3.63) is 54.1 Å². The minimum absolute atomic E-state index is 0.0526. The Morgan fingerprint density at radius 3 is 2.30 bits per heavy atom. The molecule has 9 heteroatoms. The van der Waals surface area contributed by atoms with Crippen LogP contribution in [-0.2, 0) is 4.79 Å². The number of hydrogen-bond donors (Lipinski definition) is 2. The molecule has 7 nitrogen and oxygen atoms in total. The summed E-state index contributed by atoms with van der Waals surface area (Å²) >= 11 is 0. The predicted octanol–water partition coefficient (Wildman–Crippen LogP) is 3.46. The lowest BCUT2D eigenvalue weighted by molar-refractivity contribution is -0.126. The molecule has 0 aromatic heterocycles. The van der Waals surface area contributed by atoms with Gasteiger partial charge in [0.25, 0.3) is 5.91 Å². The minimum Gasteiger partial charge on any atom is -0.435 e. The van der Waals surface area contributed by atoms with Crippen LogP contribution in [0, 0.1) is 0 Å². The van der Waals surface area contributed by atoms with Crippen LogP contribution in [0.5, 0.6) is 5.75 Å². The van der Waals surface area contributed by atoms with Gasteiger partial charge in [0.05, 0.1) is 17.3 Å². The summed E-state index contributed by atoms with van der Waals surface area (Å²) in [7, 11) is 0. The fourth-order valence-electron chi connectivity index (χ4n) is 3.85. The first-order valence-electron chi connectivity index (χ1n) is 11.2. The first kappa shape index (κ1) is 23.0. The highest BCUT2D eigenvalue weighted by Gasteiger charge is 2.31. The first-order chi connectivity index (χ1) is 15.9. The Hall–Kier alpha value is -3.20. The number of nitrogens with one attached hydrogen (secondary N) is 2. The Labute approximate surface area is 191 Å². The predicted molar refractivity (Wildman–Crippen MR) is 121 cm³/mol. The summed E-state index contributed by atoms with van der Waals surface area (Å²) in [5, 5.41) is 6.22. The van der Waals surface area contributed by atoms with E-state index in [9.17, 15) is 18.4 Å². The molecule has 2 N–H and O–H groups in total. The van der Waals surface area contributed by atoms with Gasteiger partial charge >= 0.3 is 6.61 Å². The van der Waals surface area contributed by atoms with Crippen LogP contribution in [0.3, 0.4) is 0 Å². The van der Waals surface area contributed by atoms with E-state index >= 15 is 0 Å². The van der Waals surface area contributed by atoms with Crippen molar-refractivity contribution in [1.82, 2.24) is 15.1 Å². The largest absolute Gasteiger partial charge is 0.435 e. The van der Waals surface area contributed by atoms with E-state index in [-0.39, 0.29) is 23.6 Å². The van der Waals surface area contributed by atoms with Crippen molar-refractivity contribution < 1.29 is 23.1 Å². The van der Waals surface area contributed by atoms with Gasteiger partial charge in [0, 0.05) is 37.9 Å². The number of nitrogens with zero attached hydrogens (tertiary/aromatic N) is 2. The number of ether oxygens (including phenoxy) is 1. The summed E-state index contributed by atoms with van der Waals surface area (Å²) in [6.07, 6.45) is 2.11. The molecule has 2 aliphatic rings. The van der Waals surface area contributed by atoms with Gasteiger partial charge in [-0.1, -0.05) is 12.1 Å². The van der Waals surface area contributed by atoms with Gasteiger partial charge in [-0.25, -0.2) is 0 Å². The van der Waals surface area contributed by atoms with Crippen LogP contribution >= 0.6 is 0 Å². The van der Waals surface area contributed by atoms with Crippen LogP contribution < -0.4 is 15.4 Å². The van der Waals surface area contributed by atoms with Gasteiger partial charge in [0.1, 0.15) is 5.75 Å². The van der Waals surface area contributed by atoms with Crippen molar-refractivity contribution in [2.75, 3.05) is 31.5 Å². The van der Waals surface area contributed by atoms with Gasteiger partial charge in [0.15, 0.2) is 0 Å². The molecule has 2 amide bonds. The van der Waals surface area contributed by atoms with Gasteiger partial charge in [-0.15, -0.1) is 0 Å². The van der Waals surface area contributed by atoms with Crippen molar-refractivity contribution in [2.24, 2.45) is 0 Å². The van der Waals surface area contributed by atoms with Gasteiger partial charge in [-0.2, -0.15) is 8.78 Å². The molecule has 1 saturated carbocycles. The highest BCUT2D eigenvalue weighted by molar-refractivity contribution is 6.00. The van der Waals surface area contributed by atoms with Crippen LogP contribution in [0.25, 0.3) is 0 Å². The lowest BCUT2D eigenvalue weighted by Gasteiger charge is -2.37. The van der Waals surface area contributed by atoms with E-state index in [0.717, 1.165) is 12.8 Å². The summed E-state index contributed by atoms with van der Waals surface area (Å²) in [5.41, 5.74) is 1.81. The molecule has 4 rings (SSSR count). The second kappa shape index (κ2) is 10.2. The molecule has 1 atom stereocenters. The zero-order valence-electron chi connectivity index (χ0n) is 18.5. The molecule has 1 aliphatic heterocycles. The molecule has 0 radical (unpaired) electrons. The zero-order chi connectivity index (χ0) is 23.4. The van der Waals surface area contributed by atoms with Gasteiger partial charge in [0.2, 0.25) is 5.91 Å². The third-order valence-corrected chi connectivity index (χ3v) is 5.97. The number of benzene rings is 2. The van der Waals surface area contributed by atoms with E-state index in [2.05, 4.69) is 20.3 Å². The SMILES string of the molecule is CC(C(=O)NC1CC1)N1CCN(C(=O)c2ccccc2Nc2ccc(OC(F)F)cc2)CC1. The fraction of sp³-hybridized carbons (Fsp3) is 0.417. The van der Waals surface area contributed by atoms with Crippen molar-refractivity contribution in [3.8, 4) is 5.75 Å². The van der Waals surface area contributed by atoms with Crippen LogP contribution in [0.4, 0.5) is 20.2 Å². The number of piperazine rings is 1. The maximum Gasteiger partial charge on any atom is 0.387 e. The minimum atomic E-state index is -2.88. The van der Waals surface area contributed by atoms with E-state index in [0.29, 0.717) is 49.2 Å². The molecule has 0 spiro atoms. The third-order valence-electron chi connectivity index (χ3n) is 5.97. The van der Waals surface area contributed by atoms with Crippen molar-refractivity contribution in [2.45, 2.75) is 38.5 Å². The molecule has 1 heterocycles. The average Bonchev–Trinajstić information content (AvgIpc) is 3.63. The number of carbonyl (C=O) groups excluding carboxylic acids is 2. The molecular weight excluding hydrogens is 430 g/mol. The molecule has 1 unspecified atom stereocenters. The van der Waals surface area contributed by atoms with Gasteiger partial charge < -0.3 is 20.3 Å². The normalized spacial score (nSPS) is 17.5. The second-order valence-corrected chi connectivity index (χ2v) is 8.36. The Kier molecular flexibility index (Phi) is 7.08. The molecule has 33 heavy (non-hydrogen) atoms. The number of halogens is 2. The van der Waals surface area contributed by atoms with Crippen molar-refractivity contribution in [1.29, 1.82) is 0 Å². The second-order valence-electron chi connectivity index (χ2n) is 8.36. The van der Waals surface area contributed by atoms with Crippen molar-refractivity contribution >= 4 is 23.2 Å². The summed E-state index contributed by atoms with van der Waals surface area (Å²) < 4.78 is 29.1. The van der Waals surface area contributed by atoms with Gasteiger partial charge in [-0.3, -0.25) is 14.5 Å². The Balaban J connectivity index is 1.36. The smallest absolute Gasteiger partial charge is 0.387 e. The van der Waals surface area contributed by atoms with E-state index < -0.39 is 6.61 Å². The van der Waals surface area contributed by atoms with Crippen LogP contribution in [0.15, 0.2) is 48.5 Å². The zero-order valence-corrected chi connectivity index (χ0v) is 18.5. The number of amides is 2. The van der Waals surface area contributed by atoms with E-state index in [4.69, 9.17) is 0 Å². The number of carbonyl (C=O) groups is 2. The lowest BCUT2D eigenvalue weighted by Crippen LogP contribution is -2.55. The van der Waals surface area contributed by atoms with Gasteiger partial charge in [-0.05, 0) is 56.2 Å². The molecule has 1 aliphatic carbocycles. The summed E-state index contributed by atoms with van der Waals surface area (Å²) in [4.78, 5) is 29.5. The summed E-state index contributed by atoms with van der Waals surface area (Å²) in [5.74, 6) is 0.0279. The highest BCUT2D eigenvalue weighted by atomic mass is 19.3. The number of para-hydroxylation sites is 1. The highest BCUT2D eigenvalue weighted by Crippen LogP contribution is 2.25. The number of alkyl halides is 2. The molecule has 2 aromatic rings. The van der Waals surface area contributed by atoms with Crippen molar-refractivity contribution in [3.63, 3.8) is 0 Å². The number of anilines is 2. The molecule has 1 saturated heterocycles. The van der Waals surface area contributed by atoms with E-state index in [1.165, 1.54) is 12.1 Å². The molecule has 2 aromatic carbocycles. The quantitative estimate of drug-likeness (QED) is 0.634. The number of rotatable bonds is 8. The Morgan fingerprint density at radius 1 is 1.00 bits per heavy atom. The number of hydrogen-bond acceptors (Lipinski definition) is 5. The topological polar surface area (TPSA) is 73.9 Å². The molecule has 0 bridgehead atoms. The summed E-state index contributed by atoms with van der Waals surface area (Å²) in [6, 6.07) is 13.4. The Morgan fingerprint density at radius 2 is 1.67 bits per heavy atom. The van der Waals surface area contributed by atoms with E-state index in [1.54, 1.807) is 35.2 Å². The maximum atomic E-state index is 13.2. The lowest BCUT2D eigenvalue weighted by atomic mass is 10.1. The maximum absolute atomic E-state index is 13.2. The molecule has 176 valence electrons. The first-order valence-corrected chi connectivity index (χ1v) is 11.2. The van der Waals surface area contributed by atoms with E-state index in [1.807, 2.05) is 13.0 Å². The molecule has 2 fully saturated rings. The van der Waals surface area contributed by atoms with Crippen LogP contribution in [0.1, 0.15) is 30.1 Å². The monoisotopic (exact) mass is 458 g/mol. The fourth-order valence-corrected chi connectivity index (χ4v) is 3.85. The standard InChI is InChI=1S/C24H28F2N4O3/c1-16(22(31)28-18-6-7-18)29-12-14-30(15-13-29)23(32)20-4-2-3-5-21(20)27-17-8-10-19(11-9-17)33-24(25)26/h2-5,8-11,16,18,24,27H,6-7,12-15H2,1H3,(H,28,31). The Bertz CT molecular complexity index is 974. The molecular formula is C24H28F2N4O3. The van der Waals surface area contributed by atoms with Crippen LogP contribution in [-0.4, -0.2) is 66.5 Å². The third kappa shape index (κ3) is 5.98. The van der Waals surface area contributed by atoms with Crippen LogP contribution in [0.2, 0.25) is 0 Å².